The molecular formula is C12H17ClO2. The smallest absolute Gasteiger partial charge is 0.335 e. The fraction of sp³-hybridized carbons (Fsp3) is 0.417. The van der Waals surface area contributed by atoms with Gasteiger partial charge in [-0.3, -0.25) is 0 Å². The molecule has 0 fully saturated rings. The summed E-state index contributed by atoms with van der Waals surface area (Å²) in [6.45, 7) is 2.17. The van der Waals surface area contributed by atoms with E-state index in [2.05, 4.69) is 6.92 Å². The van der Waals surface area contributed by atoms with E-state index in [1.165, 1.54) is 24.8 Å². The number of carboxylic acids is 1. The van der Waals surface area contributed by atoms with Crippen LogP contribution in [0.4, 0.5) is 0 Å². The first-order valence-electron chi connectivity index (χ1n) is 5.06. The molecule has 0 aliphatic rings. The van der Waals surface area contributed by atoms with E-state index < -0.39 is 5.97 Å². The zero-order chi connectivity index (χ0) is 10.4. The van der Waals surface area contributed by atoms with Crippen molar-refractivity contribution < 1.29 is 9.90 Å². The van der Waals surface area contributed by atoms with Gasteiger partial charge < -0.3 is 5.11 Å². The lowest BCUT2D eigenvalue weighted by Gasteiger charge is -2.00. The number of hydrogen-bond donors (Lipinski definition) is 1. The molecule has 84 valence electrons. The second kappa shape index (κ2) is 7.30. The lowest BCUT2D eigenvalue weighted by molar-refractivity contribution is 0.0697. The molecule has 0 bridgehead atoms. The van der Waals surface area contributed by atoms with E-state index in [1.54, 1.807) is 12.1 Å². The fourth-order valence-electron chi connectivity index (χ4n) is 1.39. The molecule has 0 saturated carbocycles. The highest BCUT2D eigenvalue weighted by Crippen LogP contribution is 2.08. The Bertz CT molecular complexity index is 293. The van der Waals surface area contributed by atoms with Crippen LogP contribution in [-0.2, 0) is 6.42 Å². The van der Waals surface area contributed by atoms with Gasteiger partial charge in [-0.05, 0) is 30.5 Å². The number of carbonyl (C=O) groups is 1. The third-order valence-electron chi connectivity index (χ3n) is 2.27. The van der Waals surface area contributed by atoms with Crippen LogP contribution in [-0.4, -0.2) is 11.1 Å². The van der Waals surface area contributed by atoms with Crippen molar-refractivity contribution in [2.24, 2.45) is 0 Å². The molecule has 0 unspecified atom stereocenters. The molecule has 1 N–H and O–H groups in total. The van der Waals surface area contributed by atoms with Gasteiger partial charge in [0.1, 0.15) is 0 Å². The zero-order valence-corrected chi connectivity index (χ0v) is 9.72. The summed E-state index contributed by atoms with van der Waals surface area (Å²) in [5.41, 5.74) is 1.59. The summed E-state index contributed by atoms with van der Waals surface area (Å²) in [7, 11) is 0. The van der Waals surface area contributed by atoms with Crippen LogP contribution < -0.4 is 0 Å². The standard InChI is InChI=1S/C12H16O2.ClH/c1-2-3-4-5-10-6-8-11(9-7-10)12(13)14;/h6-9H,2-5H2,1H3,(H,13,14);1H. The van der Waals surface area contributed by atoms with Crippen LogP contribution in [0.3, 0.4) is 0 Å². The Kier molecular flexibility index (Phi) is 6.80. The van der Waals surface area contributed by atoms with Gasteiger partial charge in [-0.1, -0.05) is 31.9 Å². The van der Waals surface area contributed by atoms with Crippen molar-refractivity contribution >= 4 is 18.4 Å². The molecule has 0 aliphatic carbocycles. The molecule has 0 aliphatic heterocycles. The third-order valence-corrected chi connectivity index (χ3v) is 2.27. The Labute approximate surface area is 96.7 Å². The van der Waals surface area contributed by atoms with Crippen LogP contribution in [0.25, 0.3) is 0 Å². The Hall–Kier alpha value is -1.02. The summed E-state index contributed by atoms with van der Waals surface area (Å²) in [5, 5.41) is 8.69. The summed E-state index contributed by atoms with van der Waals surface area (Å²) in [6.07, 6.45) is 4.69. The maximum atomic E-state index is 10.6. The molecule has 0 heterocycles. The molecule has 0 amide bonds. The van der Waals surface area contributed by atoms with Crippen molar-refractivity contribution in [2.75, 3.05) is 0 Å². The first kappa shape index (κ1) is 14.0. The van der Waals surface area contributed by atoms with Crippen LogP contribution >= 0.6 is 12.4 Å². The van der Waals surface area contributed by atoms with Crippen LogP contribution in [0.1, 0.15) is 42.1 Å². The van der Waals surface area contributed by atoms with Crippen molar-refractivity contribution in [3.05, 3.63) is 35.4 Å². The summed E-state index contributed by atoms with van der Waals surface area (Å²) in [4.78, 5) is 10.6. The predicted octanol–water partition coefficient (Wildman–Crippen LogP) is 3.54. The van der Waals surface area contributed by atoms with E-state index >= 15 is 0 Å². The van der Waals surface area contributed by atoms with E-state index in [9.17, 15) is 4.79 Å². The maximum absolute atomic E-state index is 10.6. The fourth-order valence-corrected chi connectivity index (χ4v) is 1.39. The average Bonchev–Trinajstić information content (AvgIpc) is 2.19. The molecule has 2 nitrogen and oxygen atoms in total. The minimum Gasteiger partial charge on any atom is -0.478 e. The van der Waals surface area contributed by atoms with E-state index in [0.29, 0.717) is 5.56 Å². The van der Waals surface area contributed by atoms with Crippen molar-refractivity contribution in [2.45, 2.75) is 32.6 Å². The van der Waals surface area contributed by atoms with E-state index in [4.69, 9.17) is 5.11 Å². The second-order valence-electron chi connectivity index (χ2n) is 3.46. The van der Waals surface area contributed by atoms with E-state index in [-0.39, 0.29) is 12.4 Å². The molecule has 1 aromatic rings. The normalized spacial score (nSPS) is 9.40. The maximum Gasteiger partial charge on any atom is 0.335 e. The van der Waals surface area contributed by atoms with Crippen LogP contribution in [0.5, 0.6) is 0 Å². The first-order valence-corrected chi connectivity index (χ1v) is 5.06. The minimum atomic E-state index is -0.856. The van der Waals surface area contributed by atoms with Gasteiger partial charge in [0.2, 0.25) is 0 Å². The number of carboxylic acid groups (broad SMARTS) is 1. The van der Waals surface area contributed by atoms with Gasteiger partial charge in [0.05, 0.1) is 5.56 Å². The molecule has 0 spiro atoms. The molecule has 0 atom stereocenters. The largest absolute Gasteiger partial charge is 0.478 e. The van der Waals surface area contributed by atoms with E-state index in [1.807, 2.05) is 12.1 Å². The van der Waals surface area contributed by atoms with Gasteiger partial charge >= 0.3 is 5.97 Å². The molecule has 0 aromatic heterocycles. The molecule has 15 heavy (non-hydrogen) atoms. The van der Waals surface area contributed by atoms with Gasteiger partial charge in [0.15, 0.2) is 0 Å². The number of aromatic carboxylic acids is 1. The van der Waals surface area contributed by atoms with Crippen LogP contribution in [0, 0.1) is 0 Å². The topological polar surface area (TPSA) is 37.3 Å². The predicted molar refractivity (Wildman–Crippen MR) is 63.9 cm³/mol. The molecule has 3 heteroatoms. The average molecular weight is 229 g/mol. The number of rotatable bonds is 5. The monoisotopic (exact) mass is 228 g/mol. The molecular weight excluding hydrogens is 212 g/mol. The molecule has 1 rings (SSSR count). The quantitative estimate of drug-likeness (QED) is 0.783. The third kappa shape index (κ3) is 4.84. The molecule has 0 radical (unpaired) electrons. The number of halogens is 1. The highest BCUT2D eigenvalue weighted by molar-refractivity contribution is 5.87. The first-order chi connectivity index (χ1) is 6.74. The second-order valence-corrected chi connectivity index (χ2v) is 3.46. The Morgan fingerprint density at radius 3 is 2.27 bits per heavy atom. The Morgan fingerprint density at radius 2 is 1.80 bits per heavy atom. The highest BCUT2D eigenvalue weighted by atomic mass is 35.5. The molecule has 0 saturated heterocycles. The lowest BCUT2D eigenvalue weighted by atomic mass is 10.1. The van der Waals surface area contributed by atoms with Gasteiger partial charge in [-0.2, -0.15) is 0 Å². The van der Waals surface area contributed by atoms with Crippen molar-refractivity contribution in [3.63, 3.8) is 0 Å². The lowest BCUT2D eigenvalue weighted by Crippen LogP contribution is -1.96. The Balaban J connectivity index is 0.00000196. The minimum absolute atomic E-state index is 0. The zero-order valence-electron chi connectivity index (χ0n) is 8.90. The number of hydrogen-bond acceptors (Lipinski definition) is 1. The van der Waals surface area contributed by atoms with Crippen LogP contribution in [0.15, 0.2) is 24.3 Å². The van der Waals surface area contributed by atoms with Gasteiger partial charge in [0.25, 0.3) is 0 Å². The number of unbranched alkanes of at least 4 members (excludes halogenated alkanes) is 2. The summed E-state index contributed by atoms with van der Waals surface area (Å²) in [6, 6.07) is 7.14. The van der Waals surface area contributed by atoms with Crippen LogP contribution in [0.2, 0.25) is 0 Å². The van der Waals surface area contributed by atoms with Crippen molar-refractivity contribution in [3.8, 4) is 0 Å². The van der Waals surface area contributed by atoms with E-state index in [0.717, 1.165) is 6.42 Å². The SMILES string of the molecule is CCCCCc1ccc(C(=O)O)cc1.Cl. The highest BCUT2D eigenvalue weighted by Gasteiger charge is 2.00. The summed E-state index contributed by atoms with van der Waals surface area (Å²) in [5.74, 6) is -0.856. The van der Waals surface area contributed by atoms with Crippen molar-refractivity contribution in [1.29, 1.82) is 0 Å². The van der Waals surface area contributed by atoms with Gasteiger partial charge in [0, 0.05) is 0 Å². The number of aryl methyl sites for hydroxylation is 1. The van der Waals surface area contributed by atoms with Gasteiger partial charge in [-0.15, -0.1) is 12.4 Å². The summed E-state index contributed by atoms with van der Waals surface area (Å²) >= 11 is 0. The molecule has 1 aromatic carbocycles. The Morgan fingerprint density at radius 1 is 1.20 bits per heavy atom. The van der Waals surface area contributed by atoms with Crippen molar-refractivity contribution in [1.82, 2.24) is 0 Å². The van der Waals surface area contributed by atoms with Gasteiger partial charge in [-0.25, -0.2) is 4.79 Å². The summed E-state index contributed by atoms with van der Waals surface area (Å²) < 4.78 is 0. The number of benzene rings is 1.